The zero-order chi connectivity index (χ0) is 14.7. The highest BCUT2D eigenvalue weighted by molar-refractivity contribution is 7.13. The molecule has 6 heteroatoms. The lowest BCUT2D eigenvalue weighted by molar-refractivity contribution is -0.142. The predicted molar refractivity (Wildman–Crippen MR) is 86.0 cm³/mol. The van der Waals surface area contributed by atoms with Crippen LogP contribution in [0.1, 0.15) is 31.0 Å². The van der Waals surface area contributed by atoms with Crippen LogP contribution in [0, 0.1) is 0 Å². The summed E-state index contributed by atoms with van der Waals surface area (Å²) in [6.07, 6.45) is 2.73. The number of thiazole rings is 1. The molecule has 2 aromatic rings. The van der Waals surface area contributed by atoms with Gasteiger partial charge in [0.05, 0.1) is 18.7 Å². The van der Waals surface area contributed by atoms with Crippen LogP contribution in [0.5, 0.6) is 0 Å². The maximum Gasteiger partial charge on any atom is 0.311 e. The van der Waals surface area contributed by atoms with Gasteiger partial charge >= 0.3 is 5.97 Å². The van der Waals surface area contributed by atoms with Crippen LogP contribution in [-0.4, -0.2) is 23.6 Å². The molecule has 1 fully saturated rings. The number of carbonyl (C=O) groups is 1. The molecule has 0 N–H and O–H groups in total. The van der Waals surface area contributed by atoms with E-state index in [2.05, 4.69) is 26.7 Å². The fourth-order valence-corrected chi connectivity index (χ4v) is 3.74. The number of aromatic nitrogens is 1. The van der Waals surface area contributed by atoms with Crippen LogP contribution in [0.25, 0.3) is 0 Å². The molecule has 0 spiro atoms. The van der Waals surface area contributed by atoms with E-state index in [4.69, 9.17) is 4.74 Å². The van der Waals surface area contributed by atoms with Crippen LogP contribution >= 0.6 is 22.7 Å². The highest BCUT2D eigenvalue weighted by atomic mass is 32.1. The molecule has 0 atom stereocenters. The van der Waals surface area contributed by atoms with Gasteiger partial charge in [0, 0.05) is 18.0 Å². The van der Waals surface area contributed by atoms with Crippen LogP contribution in [0.4, 0.5) is 5.13 Å². The van der Waals surface area contributed by atoms with Crippen molar-refractivity contribution in [3.05, 3.63) is 33.5 Å². The van der Waals surface area contributed by atoms with Gasteiger partial charge in [0.25, 0.3) is 0 Å². The van der Waals surface area contributed by atoms with Crippen molar-refractivity contribution in [2.24, 2.45) is 0 Å². The van der Waals surface area contributed by atoms with E-state index >= 15 is 0 Å². The zero-order valence-electron chi connectivity index (χ0n) is 11.9. The fraction of sp³-hybridized carbons (Fsp3) is 0.467. The molecular formula is C15H18N2O2S2. The summed E-state index contributed by atoms with van der Waals surface area (Å²) in [5.74, 6) is -0.204. The summed E-state index contributed by atoms with van der Waals surface area (Å²) in [5, 5.41) is 7.27. The standard InChI is InChI=1S/C15H18N2O2S2/c1-2-19-14(18)7-12-10-21-15(16-12)17(13-3-4-13)8-11-5-6-20-9-11/h5-6,9-10,13H,2-4,7-8H2,1H3. The molecule has 1 saturated carbocycles. The molecule has 1 aliphatic carbocycles. The minimum Gasteiger partial charge on any atom is -0.466 e. The van der Waals surface area contributed by atoms with Gasteiger partial charge in [0.1, 0.15) is 0 Å². The summed E-state index contributed by atoms with van der Waals surface area (Å²) in [6, 6.07) is 2.76. The van der Waals surface area contributed by atoms with Gasteiger partial charge in [-0.15, -0.1) is 11.3 Å². The molecule has 0 aliphatic heterocycles. The van der Waals surface area contributed by atoms with Crippen molar-refractivity contribution in [1.29, 1.82) is 0 Å². The van der Waals surface area contributed by atoms with Gasteiger partial charge in [0.2, 0.25) is 0 Å². The lowest BCUT2D eigenvalue weighted by atomic mass is 10.3. The highest BCUT2D eigenvalue weighted by Crippen LogP contribution is 2.35. The molecular weight excluding hydrogens is 304 g/mol. The zero-order valence-corrected chi connectivity index (χ0v) is 13.6. The molecule has 4 nitrogen and oxygen atoms in total. The Labute approximate surface area is 132 Å². The number of thiophene rings is 1. The molecule has 1 aliphatic rings. The number of carbonyl (C=O) groups excluding carboxylic acids is 1. The van der Waals surface area contributed by atoms with Crippen LogP contribution in [-0.2, 0) is 22.5 Å². The number of ether oxygens (including phenoxy) is 1. The third-order valence-electron chi connectivity index (χ3n) is 3.34. The smallest absolute Gasteiger partial charge is 0.311 e. The second-order valence-corrected chi connectivity index (χ2v) is 6.71. The average molecular weight is 322 g/mol. The third-order valence-corrected chi connectivity index (χ3v) is 5.00. The Bertz CT molecular complexity index is 591. The summed E-state index contributed by atoms with van der Waals surface area (Å²) >= 11 is 3.34. The van der Waals surface area contributed by atoms with E-state index in [1.54, 1.807) is 22.7 Å². The highest BCUT2D eigenvalue weighted by Gasteiger charge is 2.31. The van der Waals surface area contributed by atoms with Crippen molar-refractivity contribution in [3.63, 3.8) is 0 Å². The number of anilines is 1. The predicted octanol–water partition coefficient (Wildman–Crippen LogP) is 3.48. The number of nitrogens with zero attached hydrogens (tertiary/aromatic N) is 2. The van der Waals surface area contributed by atoms with Gasteiger partial charge in [-0.25, -0.2) is 4.98 Å². The summed E-state index contributed by atoms with van der Waals surface area (Å²) in [7, 11) is 0. The molecule has 21 heavy (non-hydrogen) atoms. The normalized spacial score (nSPS) is 14.1. The summed E-state index contributed by atoms with van der Waals surface area (Å²) in [6.45, 7) is 3.14. The average Bonchev–Trinajstić information content (AvgIpc) is 2.98. The van der Waals surface area contributed by atoms with E-state index in [1.165, 1.54) is 18.4 Å². The van der Waals surface area contributed by atoms with Gasteiger partial charge in [-0.05, 0) is 42.2 Å². The molecule has 0 bridgehead atoms. The van der Waals surface area contributed by atoms with Crippen LogP contribution in [0.2, 0.25) is 0 Å². The first-order chi connectivity index (χ1) is 10.3. The summed E-state index contributed by atoms with van der Waals surface area (Å²) < 4.78 is 4.97. The van der Waals surface area contributed by atoms with E-state index in [0.29, 0.717) is 12.6 Å². The van der Waals surface area contributed by atoms with Crippen molar-refractivity contribution in [3.8, 4) is 0 Å². The van der Waals surface area contributed by atoms with Gasteiger partial charge in [0.15, 0.2) is 5.13 Å². The number of hydrogen-bond acceptors (Lipinski definition) is 6. The van der Waals surface area contributed by atoms with E-state index in [0.717, 1.165) is 17.4 Å². The van der Waals surface area contributed by atoms with E-state index in [1.807, 2.05) is 12.3 Å². The van der Waals surface area contributed by atoms with Crippen LogP contribution in [0.15, 0.2) is 22.2 Å². The minimum atomic E-state index is -0.204. The summed E-state index contributed by atoms with van der Waals surface area (Å²) in [5.41, 5.74) is 2.14. The molecule has 2 aromatic heterocycles. The first kappa shape index (κ1) is 14.5. The Hall–Kier alpha value is -1.40. The monoisotopic (exact) mass is 322 g/mol. The third kappa shape index (κ3) is 3.83. The number of rotatable bonds is 7. The molecule has 0 saturated heterocycles. The quantitative estimate of drug-likeness (QED) is 0.732. The van der Waals surface area contributed by atoms with Crippen molar-refractivity contribution in [2.75, 3.05) is 11.5 Å². The van der Waals surface area contributed by atoms with E-state index in [9.17, 15) is 4.79 Å². The first-order valence-electron chi connectivity index (χ1n) is 7.14. The fourth-order valence-electron chi connectivity index (χ4n) is 2.19. The Balaban J connectivity index is 1.68. The second kappa shape index (κ2) is 6.58. The molecule has 3 rings (SSSR count). The topological polar surface area (TPSA) is 42.4 Å². The molecule has 0 aromatic carbocycles. The van der Waals surface area contributed by atoms with Gasteiger partial charge in [-0.1, -0.05) is 0 Å². The number of esters is 1. The maximum atomic E-state index is 11.5. The van der Waals surface area contributed by atoms with Crippen molar-refractivity contribution in [2.45, 2.75) is 38.8 Å². The van der Waals surface area contributed by atoms with Gasteiger partial charge in [-0.2, -0.15) is 11.3 Å². The van der Waals surface area contributed by atoms with Crippen LogP contribution in [0.3, 0.4) is 0 Å². The Kier molecular flexibility index (Phi) is 4.55. The van der Waals surface area contributed by atoms with Crippen molar-refractivity contribution >= 4 is 33.8 Å². The molecule has 0 unspecified atom stereocenters. The van der Waals surface area contributed by atoms with Crippen LogP contribution < -0.4 is 4.90 Å². The first-order valence-corrected chi connectivity index (χ1v) is 8.96. The lowest BCUT2D eigenvalue weighted by Crippen LogP contribution is -2.24. The minimum absolute atomic E-state index is 0.204. The Morgan fingerprint density at radius 2 is 2.33 bits per heavy atom. The Morgan fingerprint density at radius 1 is 1.48 bits per heavy atom. The molecule has 0 amide bonds. The Morgan fingerprint density at radius 3 is 3.00 bits per heavy atom. The largest absolute Gasteiger partial charge is 0.466 e. The number of hydrogen-bond donors (Lipinski definition) is 0. The molecule has 112 valence electrons. The second-order valence-electron chi connectivity index (χ2n) is 5.09. The SMILES string of the molecule is CCOC(=O)Cc1csc(N(Cc2ccsc2)C2CC2)n1. The summed E-state index contributed by atoms with van der Waals surface area (Å²) in [4.78, 5) is 18.5. The molecule has 0 radical (unpaired) electrons. The maximum absolute atomic E-state index is 11.5. The van der Waals surface area contributed by atoms with Crippen molar-refractivity contribution < 1.29 is 9.53 Å². The lowest BCUT2D eigenvalue weighted by Gasteiger charge is -2.20. The molecule has 2 heterocycles. The van der Waals surface area contributed by atoms with Crippen molar-refractivity contribution in [1.82, 2.24) is 4.98 Å². The van der Waals surface area contributed by atoms with E-state index in [-0.39, 0.29) is 12.4 Å². The van der Waals surface area contributed by atoms with Gasteiger partial charge < -0.3 is 9.64 Å². The van der Waals surface area contributed by atoms with E-state index < -0.39 is 0 Å². The van der Waals surface area contributed by atoms with Gasteiger partial charge in [-0.3, -0.25) is 4.79 Å².